The minimum absolute atomic E-state index is 0.00662. The van der Waals surface area contributed by atoms with Crippen LogP contribution < -0.4 is 10.0 Å². The third kappa shape index (κ3) is 4.49. The first-order valence-electron chi connectivity index (χ1n) is 7.98. The zero-order valence-corrected chi connectivity index (χ0v) is 16.1. The van der Waals surface area contributed by atoms with Crippen molar-refractivity contribution >= 4 is 37.5 Å². The average molecular weight is 434 g/mol. The number of anilines is 1. The number of nitrogens with one attached hydrogen (secondary N) is 2. The van der Waals surface area contributed by atoms with Crippen LogP contribution in [-0.4, -0.2) is 20.4 Å². The molecule has 0 aromatic heterocycles. The maximum absolute atomic E-state index is 12.6. The molecule has 3 rings (SSSR count). The second-order valence-corrected chi connectivity index (χ2v) is 8.59. The normalized spacial score (nSPS) is 13.8. The predicted molar refractivity (Wildman–Crippen MR) is 101 cm³/mol. The van der Waals surface area contributed by atoms with Crippen LogP contribution in [0, 0.1) is 11.3 Å². The summed E-state index contributed by atoms with van der Waals surface area (Å²) in [5.74, 6) is -0.423. The third-order valence-corrected chi connectivity index (χ3v) is 6.10. The van der Waals surface area contributed by atoms with Gasteiger partial charge >= 0.3 is 0 Å². The monoisotopic (exact) mass is 433 g/mol. The highest BCUT2D eigenvalue weighted by atomic mass is 79.9. The SMILES string of the molecule is N#CCc1ccc(NC(=O)c2cc(S(=O)(=O)NC3CC3)ccc2Br)cc1. The van der Waals surface area contributed by atoms with Gasteiger partial charge in [-0.3, -0.25) is 4.79 Å². The molecule has 0 aliphatic heterocycles. The number of nitrogens with zero attached hydrogens (tertiary/aromatic N) is 1. The number of nitriles is 1. The van der Waals surface area contributed by atoms with E-state index in [1.807, 2.05) is 0 Å². The lowest BCUT2D eigenvalue weighted by Gasteiger charge is -2.10. The Morgan fingerprint density at radius 3 is 2.50 bits per heavy atom. The number of carbonyl (C=O) groups is 1. The summed E-state index contributed by atoms with van der Waals surface area (Å²) >= 11 is 3.29. The topological polar surface area (TPSA) is 99.1 Å². The maximum atomic E-state index is 12.6. The van der Waals surface area contributed by atoms with E-state index in [1.165, 1.54) is 12.1 Å². The van der Waals surface area contributed by atoms with Gasteiger partial charge in [0.25, 0.3) is 5.91 Å². The summed E-state index contributed by atoms with van der Waals surface area (Å²) in [6.07, 6.45) is 1.98. The van der Waals surface area contributed by atoms with Crippen molar-refractivity contribution in [1.82, 2.24) is 4.72 Å². The Hall–Kier alpha value is -2.21. The fraction of sp³-hybridized carbons (Fsp3) is 0.222. The fourth-order valence-electron chi connectivity index (χ4n) is 2.33. The molecule has 2 aromatic rings. The minimum Gasteiger partial charge on any atom is -0.322 e. The Balaban J connectivity index is 1.80. The largest absolute Gasteiger partial charge is 0.322 e. The highest BCUT2D eigenvalue weighted by Crippen LogP contribution is 2.25. The van der Waals surface area contributed by atoms with Gasteiger partial charge in [0.15, 0.2) is 0 Å². The zero-order valence-electron chi connectivity index (χ0n) is 13.7. The lowest BCUT2D eigenvalue weighted by atomic mass is 10.1. The van der Waals surface area contributed by atoms with Gasteiger partial charge in [0.2, 0.25) is 10.0 Å². The number of hydrogen-bond donors (Lipinski definition) is 2. The number of halogens is 1. The zero-order chi connectivity index (χ0) is 18.7. The van der Waals surface area contributed by atoms with Crippen LogP contribution in [0.5, 0.6) is 0 Å². The summed E-state index contributed by atoms with van der Waals surface area (Å²) < 4.78 is 27.8. The van der Waals surface area contributed by atoms with Crippen molar-refractivity contribution in [1.29, 1.82) is 5.26 Å². The van der Waals surface area contributed by atoms with Crippen LogP contribution in [0.15, 0.2) is 51.8 Å². The molecule has 2 N–H and O–H groups in total. The molecule has 0 bridgehead atoms. The van der Waals surface area contributed by atoms with Gasteiger partial charge in [0.1, 0.15) is 0 Å². The third-order valence-electron chi connectivity index (χ3n) is 3.89. The molecule has 0 radical (unpaired) electrons. The van der Waals surface area contributed by atoms with Crippen LogP contribution in [-0.2, 0) is 16.4 Å². The van der Waals surface area contributed by atoms with Crippen LogP contribution in [0.1, 0.15) is 28.8 Å². The van der Waals surface area contributed by atoms with E-state index in [1.54, 1.807) is 30.3 Å². The molecular weight excluding hydrogens is 418 g/mol. The van der Waals surface area contributed by atoms with Crippen LogP contribution in [0.3, 0.4) is 0 Å². The van der Waals surface area contributed by atoms with Gasteiger partial charge in [-0.2, -0.15) is 5.26 Å². The minimum atomic E-state index is -3.64. The standard InChI is InChI=1S/C18H16BrN3O3S/c19-17-8-7-15(26(24,25)22-14-5-6-14)11-16(17)18(23)21-13-3-1-12(2-4-13)9-10-20/h1-4,7-8,11,14,22H,5-6,9H2,(H,21,23). The van der Waals surface area contributed by atoms with Crippen molar-refractivity contribution in [3.05, 3.63) is 58.1 Å². The summed E-state index contributed by atoms with van der Waals surface area (Å²) in [6, 6.07) is 13.3. The molecule has 6 nitrogen and oxygen atoms in total. The predicted octanol–water partition coefficient (Wildman–Crippen LogP) is 3.21. The van der Waals surface area contributed by atoms with E-state index in [2.05, 4.69) is 32.0 Å². The highest BCUT2D eigenvalue weighted by molar-refractivity contribution is 9.10. The first-order valence-corrected chi connectivity index (χ1v) is 10.3. The Labute approximate surface area is 160 Å². The lowest BCUT2D eigenvalue weighted by molar-refractivity contribution is 0.102. The van der Waals surface area contributed by atoms with Crippen molar-refractivity contribution < 1.29 is 13.2 Å². The van der Waals surface area contributed by atoms with Gasteiger partial charge in [-0.1, -0.05) is 12.1 Å². The van der Waals surface area contributed by atoms with Crippen molar-refractivity contribution in [2.45, 2.75) is 30.2 Å². The van der Waals surface area contributed by atoms with Crippen molar-refractivity contribution in [3.8, 4) is 6.07 Å². The van der Waals surface area contributed by atoms with E-state index >= 15 is 0 Å². The van der Waals surface area contributed by atoms with Gasteiger partial charge in [-0.05, 0) is 64.7 Å². The summed E-state index contributed by atoms with van der Waals surface area (Å²) in [5.41, 5.74) is 1.64. The first kappa shape index (κ1) is 18.6. The van der Waals surface area contributed by atoms with Gasteiger partial charge < -0.3 is 5.32 Å². The number of amides is 1. The summed E-state index contributed by atoms with van der Waals surface area (Å²) in [6.45, 7) is 0. The molecule has 0 unspecified atom stereocenters. The first-order chi connectivity index (χ1) is 12.4. The molecule has 1 fully saturated rings. The van der Waals surface area contributed by atoms with Crippen LogP contribution >= 0.6 is 15.9 Å². The van der Waals surface area contributed by atoms with Crippen LogP contribution in [0.25, 0.3) is 0 Å². The van der Waals surface area contributed by atoms with E-state index in [0.29, 0.717) is 16.6 Å². The van der Waals surface area contributed by atoms with Gasteiger partial charge in [0, 0.05) is 16.2 Å². The maximum Gasteiger partial charge on any atom is 0.256 e. The fourth-order valence-corrected chi connectivity index (χ4v) is 4.09. The molecule has 0 saturated heterocycles. The molecule has 1 aliphatic rings. The molecule has 1 saturated carbocycles. The lowest BCUT2D eigenvalue weighted by Crippen LogP contribution is -2.26. The quantitative estimate of drug-likeness (QED) is 0.730. The number of benzene rings is 2. The van der Waals surface area contributed by atoms with Crippen molar-refractivity contribution in [3.63, 3.8) is 0 Å². The number of sulfonamides is 1. The molecular formula is C18H16BrN3O3S. The van der Waals surface area contributed by atoms with E-state index in [0.717, 1.165) is 18.4 Å². The smallest absolute Gasteiger partial charge is 0.256 e. The second-order valence-electron chi connectivity index (χ2n) is 6.02. The summed E-state index contributed by atoms with van der Waals surface area (Å²) in [7, 11) is -3.64. The van der Waals surface area contributed by atoms with E-state index in [4.69, 9.17) is 5.26 Å². The number of carbonyl (C=O) groups excluding carboxylic acids is 1. The molecule has 0 atom stereocenters. The molecule has 0 spiro atoms. The molecule has 0 heterocycles. The second kappa shape index (κ2) is 7.58. The van der Waals surface area contributed by atoms with E-state index in [9.17, 15) is 13.2 Å². The number of rotatable bonds is 6. The number of hydrogen-bond acceptors (Lipinski definition) is 4. The molecule has 8 heteroatoms. The van der Waals surface area contributed by atoms with E-state index < -0.39 is 15.9 Å². The molecule has 1 aliphatic carbocycles. The Bertz CT molecular complexity index is 978. The van der Waals surface area contributed by atoms with Crippen LogP contribution in [0.4, 0.5) is 5.69 Å². The average Bonchev–Trinajstić information content (AvgIpc) is 3.40. The Kier molecular flexibility index (Phi) is 5.41. The Morgan fingerprint density at radius 1 is 1.19 bits per heavy atom. The van der Waals surface area contributed by atoms with Gasteiger partial charge in [-0.25, -0.2) is 13.1 Å². The highest BCUT2D eigenvalue weighted by Gasteiger charge is 2.28. The van der Waals surface area contributed by atoms with Crippen molar-refractivity contribution in [2.75, 3.05) is 5.32 Å². The molecule has 1 amide bonds. The van der Waals surface area contributed by atoms with Crippen LogP contribution in [0.2, 0.25) is 0 Å². The molecule has 26 heavy (non-hydrogen) atoms. The summed E-state index contributed by atoms with van der Waals surface area (Å²) in [5, 5.41) is 11.4. The Morgan fingerprint density at radius 2 is 1.88 bits per heavy atom. The van der Waals surface area contributed by atoms with E-state index in [-0.39, 0.29) is 16.5 Å². The van der Waals surface area contributed by atoms with Gasteiger partial charge in [-0.15, -0.1) is 0 Å². The molecule has 2 aromatic carbocycles. The summed E-state index contributed by atoms with van der Waals surface area (Å²) in [4.78, 5) is 12.6. The molecule has 134 valence electrons. The van der Waals surface area contributed by atoms with Gasteiger partial charge in [0.05, 0.1) is 22.9 Å². The van der Waals surface area contributed by atoms with Crippen molar-refractivity contribution in [2.24, 2.45) is 0 Å².